The Balaban J connectivity index is 1.84. The second kappa shape index (κ2) is 5.09. The van der Waals surface area contributed by atoms with Crippen molar-refractivity contribution in [3.8, 4) is 28.5 Å². The fourth-order valence-electron chi connectivity index (χ4n) is 3.54. The Hall–Kier alpha value is -2.82. The predicted molar refractivity (Wildman–Crippen MR) is 93.0 cm³/mol. The largest absolute Gasteiger partial charge is 0.493 e. The Morgan fingerprint density at radius 3 is 2.71 bits per heavy atom. The molecule has 5 heteroatoms. The zero-order chi connectivity index (χ0) is 16.1. The van der Waals surface area contributed by atoms with Gasteiger partial charge in [0.2, 0.25) is 5.95 Å². The van der Waals surface area contributed by atoms with Crippen LogP contribution >= 0.6 is 0 Å². The third kappa shape index (κ3) is 1.87. The van der Waals surface area contributed by atoms with E-state index < -0.39 is 0 Å². The minimum Gasteiger partial charge on any atom is -0.493 e. The van der Waals surface area contributed by atoms with E-state index in [0.29, 0.717) is 11.5 Å². The summed E-state index contributed by atoms with van der Waals surface area (Å²) >= 11 is 0. The summed E-state index contributed by atoms with van der Waals surface area (Å²) < 4.78 is 11.6. The maximum atomic E-state index is 6.12. The molecule has 0 amide bonds. The summed E-state index contributed by atoms with van der Waals surface area (Å²) in [6, 6.07) is 11.9. The van der Waals surface area contributed by atoms with Gasteiger partial charge in [0.25, 0.3) is 0 Å². The molecule has 3 heterocycles. The molecule has 1 saturated heterocycles. The molecule has 3 aromatic rings. The molecule has 120 valence electrons. The van der Waals surface area contributed by atoms with Gasteiger partial charge in [-0.15, -0.1) is 0 Å². The van der Waals surface area contributed by atoms with Gasteiger partial charge < -0.3 is 14.4 Å². The monoisotopic (exact) mass is 319 g/mol. The van der Waals surface area contributed by atoms with Crippen LogP contribution in [0.25, 0.3) is 22.2 Å². The van der Waals surface area contributed by atoms with Crippen LogP contribution in [0.2, 0.25) is 0 Å². The smallest absolute Gasteiger partial charge is 0.226 e. The lowest BCUT2D eigenvalue weighted by Gasteiger charge is -2.24. The van der Waals surface area contributed by atoms with Crippen molar-refractivity contribution in [1.82, 2.24) is 9.97 Å². The second-order valence-electron chi connectivity index (χ2n) is 6.16. The first kappa shape index (κ1) is 13.6. The van der Waals surface area contributed by atoms with E-state index in [1.165, 1.54) is 12.8 Å². The number of methoxy groups -OCH3 is 1. The predicted octanol–water partition coefficient (Wildman–Crippen LogP) is 4.01. The summed E-state index contributed by atoms with van der Waals surface area (Å²) in [6.07, 6.45) is 2.40. The maximum Gasteiger partial charge on any atom is 0.226 e. The Bertz CT molecular complexity index is 949. The van der Waals surface area contributed by atoms with Crippen molar-refractivity contribution in [1.29, 1.82) is 0 Å². The maximum absolute atomic E-state index is 6.12. The van der Waals surface area contributed by atoms with Crippen molar-refractivity contribution in [2.75, 3.05) is 25.1 Å². The van der Waals surface area contributed by atoms with Gasteiger partial charge in [0.15, 0.2) is 11.5 Å². The fraction of sp³-hybridized carbons (Fsp3) is 0.263. The lowest BCUT2D eigenvalue weighted by Crippen LogP contribution is -2.21. The first-order valence-corrected chi connectivity index (χ1v) is 8.26. The quantitative estimate of drug-likeness (QED) is 0.558. The molecule has 1 aromatic heterocycles. The van der Waals surface area contributed by atoms with Crippen LogP contribution < -0.4 is 14.4 Å². The van der Waals surface area contributed by atoms with E-state index in [1.807, 2.05) is 36.4 Å². The highest BCUT2D eigenvalue weighted by molar-refractivity contribution is 6.02. The van der Waals surface area contributed by atoms with Crippen LogP contribution in [0.15, 0.2) is 36.4 Å². The Morgan fingerprint density at radius 2 is 1.88 bits per heavy atom. The van der Waals surface area contributed by atoms with E-state index in [1.54, 1.807) is 7.11 Å². The summed E-state index contributed by atoms with van der Waals surface area (Å²) in [5, 5.41) is 0.927. The molecule has 5 nitrogen and oxygen atoms in total. The van der Waals surface area contributed by atoms with Gasteiger partial charge in [0, 0.05) is 18.7 Å². The van der Waals surface area contributed by atoms with E-state index in [9.17, 15) is 0 Å². The van der Waals surface area contributed by atoms with Gasteiger partial charge in [0.05, 0.1) is 23.7 Å². The molecule has 24 heavy (non-hydrogen) atoms. The van der Waals surface area contributed by atoms with Crippen molar-refractivity contribution in [2.45, 2.75) is 12.8 Å². The lowest BCUT2D eigenvalue weighted by molar-refractivity contribution is 0.381. The average molecular weight is 319 g/mol. The van der Waals surface area contributed by atoms with Gasteiger partial charge in [-0.25, -0.2) is 9.97 Å². The number of benzene rings is 2. The van der Waals surface area contributed by atoms with Gasteiger partial charge in [-0.3, -0.25) is 0 Å². The zero-order valence-corrected chi connectivity index (χ0v) is 13.5. The number of nitrogens with zero attached hydrogens (tertiary/aromatic N) is 3. The van der Waals surface area contributed by atoms with E-state index in [4.69, 9.17) is 19.4 Å². The van der Waals surface area contributed by atoms with Crippen molar-refractivity contribution >= 4 is 16.9 Å². The third-order valence-electron chi connectivity index (χ3n) is 4.73. The molecule has 2 aliphatic rings. The molecule has 2 aromatic carbocycles. The van der Waals surface area contributed by atoms with Gasteiger partial charge >= 0.3 is 0 Å². The highest BCUT2D eigenvalue weighted by Gasteiger charge is 2.27. The van der Waals surface area contributed by atoms with Crippen molar-refractivity contribution in [3.05, 3.63) is 36.4 Å². The number of hydrogen-bond acceptors (Lipinski definition) is 5. The van der Waals surface area contributed by atoms with Crippen LogP contribution in [-0.4, -0.2) is 30.2 Å². The van der Waals surface area contributed by atoms with Crippen molar-refractivity contribution in [3.63, 3.8) is 0 Å². The van der Waals surface area contributed by atoms with Crippen molar-refractivity contribution in [2.24, 2.45) is 0 Å². The van der Waals surface area contributed by atoms with Gasteiger partial charge in [-0.05, 0) is 37.1 Å². The van der Waals surface area contributed by atoms with E-state index in [-0.39, 0.29) is 0 Å². The number of fused-ring (bicyclic) bond motifs is 2. The van der Waals surface area contributed by atoms with E-state index in [0.717, 1.165) is 46.9 Å². The number of para-hydroxylation sites is 1. The molecule has 0 unspecified atom stereocenters. The van der Waals surface area contributed by atoms with Crippen LogP contribution in [-0.2, 0) is 0 Å². The molecule has 0 bridgehead atoms. The highest BCUT2D eigenvalue weighted by atomic mass is 16.5. The first-order chi connectivity index (χ1) is 11.8. The summed E-state index contributed by atoms with van der Waals surface area (Å²) in [5.41, 5.74) is 2.83. The number of ether oxygens (including phenoxy) is 2. The normalized spacial score (nSPS) is 15.3. The summed E-state index contributed by atoms with van der Waals surface area (Å²) in [4.78, 5) is 12.0. The Morgan fingerprint density at radius 1 is 1.04 bits per heavy atom. The minimum absolute atomic E-state index is 0.704. The molecule has 0 spiro atoms. The van der Waals surface area contributed by atoms with Crippen molar-refractivity contribution < 1.29 is 9.47 Å². The molecule has 1 fully saturated rings. The SMILES string of the molecule is COc1ccc2nc(N3CCCC3)nc3c2c1Oc1ccccc1-3. The third-order valence-corrected chi connectivity index (χ3v) is 4.73. The molecule has 0 saturated carbocycles. The molecule has 2 aliphatic heterocycles. The molecule has 0 N–H and O–H groups in total. The number of rotatable bonds is 2. The van der Waals surface area contributed by atoms with Crippen LogP contribution in [0, 0.1) is 0 Å². The van der Waals surface area contributed by atoms with Crippen LogP contribution in [0.4, 0.5) is 5.95 Å². The Kier molecular flexibility index (Phi) is 2.89. The Labute approximate surface area is 139 Å². The summed E-state index contributed by atoms with van der Waals surface area (Å²) in [7, 11) is 1.65. The van der Waals surface area contributed by atoms with Gasteiger partial charge in [-0.1, -0.05) is 12.1 Å². The number of anilines is 1. The summed E-state index contributed by atoms with van der Waals surface area (Å²) in [6.45, 7) is 2.04. The number of hydrogen-bond donors (Lipinski definition) is 0. The van der Waals surface area contributed by atoms with Crippen LogP contribution in [0.1, 0.15) is 12.8 Å². The molecule has 5 rings (SSSR count). The minimum atomic E-state index is 0.704. The summed E-state index contributed by atoms with van der Waals surface area (Å²) in [5.74, 6) is 3.03. The average Bonchev–Trinajstić information content (AvgIpc) is 3.16. The zero-order valence-electron chi connectivity index (χ0n) is 13.5. The van der Waals surface area contributed by atoms with Gasteiger partial charge in [0.1, 0.15) is 5.75 Å². The molecule has 0 aliphatic carbocycles. The lowest BCUT2D eigenvalue weighted by atomic mass is 10.0. The molecular formula is C19H17N3O2. The molecule has 0 atom stereocenters. The molecule has 0 radical (unpaired) electrons. The molecular weight excluding hydrogens is 302 g/mol. The van der Waals surface area contributed by atoms with E-state index in [2.05, 4.69) is 4.90 Å². The van der Waals surface area contributed by atoms with Crippen LogP contribution in [0.3, 0.4) is 0 Å². The van der Waals surface area contributed by atoms with Crippen LogP contribution in [0.5, 0.6) is 17.2 Å². The first-order valence-electron chi connectivity index (χ1n) is 8.26. The standard InChI is InChI=1S/C19H17N3O2/c1-23-15-9-8-13-16-17(21-19(20-13)22-10-4-5-11-22)12-6-2-3-7-14(12)24-18(15)16/h2-3,6-9H,4-5,10-11H2,1H3. The number of aromatic nitrogens is 2. The highest BCUT2D eigenvalue weighted by Crippen LogP contribution is 2.49. The van der Waals surface area contributed by atoms with E-state index >= 15 is 0 Å². The second-order valence-corrected chi connectivity index (χ2v) is 6.16. The topological polar surface area (TPSA) is 47.5 Å². The fourth-order valence-corrected chi connectivity index (χ4v) is 3.54. The van der Waals surface area contributed by atoms with Gasteiger partial charge in [-0.2, -0.15) is 0 Å².